The molecule has 0 spiro atoms. The van der Waals surface area contributed by atoms with E-state index in [-0.39, 0.29) is 5.82 Å². The molecule has 1 aliphatic heterocycles. The van der Waals surface area contributed by atoms with Crippen LogP contribution in [0.5, 0.6) is 0 Å². The number of halogens is 1. The molecule has 1 aromatic carbocycles. The van der Waals surface area contributed by atoms with Crippen molar-refractivity contribution in [3.8, 4) is 0 Å². The standard InChI is InChI=1S/C14H17FN2O/c1-16-11(10-17-5-7-18-8-6-17)9-12-13(15)3-2-4-14(12)16/h2-4,9H,5-8,10H2,1H3. The fourth-order valence-electron chi connectivity index (χ4n) is 2.52. The molecule has 2 aromatic rings. The lowest BCUT2D eigenvalue weighted by atomic mass is 10.2. The van der Waals surface area contributed by atoms with Crippen molar-refractivity contribution in [2.75, 3.05) is 26.3 Å². The van der Waals surface area contributed by atoms with Crippen LogP contribution in [0.25, 0.3) is 10.9 Å². The molecule has 0 N–H and O–H groups in total. The van der Waals surface area contributed by atoms with Crippen molar-refractivity contribution in [1.82, 2.24) is 9.47 Å². The van der Waals surface area contributed by atoms with E-state index < -0.39 is 0 Å². The molecule has 1 aromatic heterocycles. The number of aromatic nitrogens is 1. The first kappa shape index (κ1) is 11.7. The van der Waals surface area contributed by atoms with Crippen LogP contribution in [0.15, 0.2) is 24.3 Å². The van der Waals surface area contributed by atoms with Gasteiger partial charge in [0.15, 0.2) is 0 Å². The second-order valence-corrected chi connectivity index (χ2v) is 4.76. The predicted molar refractivity (Wildman–Crippen MR) is 69.0 cm³/mol. The largest absolute Gasteiger partial charge is 0.379 e. The molecule has 1 saturated heterocycles. The summed E-state index contributed by atoms with van der Waals surface area (Å²) in [4.78, 5) is 2.34. The summed E-state index contributed by atoms with van der Waals surface area (Å²) in [5.41, 5.74) is 2.11. The first-order valence-electron chi connectivity index (χ1n) is 6.28. The number of nitrogens with zero attached hydrogens (tertiary/aromatic N) is 2. The van der Waals surface area contributed by atoms with Gasteiger partial charge in [0.05, 0.1) is 18.7 Å². The highest BCUT2D eigenvalue weighted by molar-refractivity contribution is 5.81. The topological polar surface area (TPSA) is 17.4 Å². The van der Waals surface area contributed by atoms with Gasteiger partial charge in [0, 0.05) is 37.8 Å². The van der Waals surface area contributed by atoms with Gasteiger partial charge >= 0.3 is 0 Å². The zero-order chi connectivity index (χ0) is 12.5. The second-order valence-electron chi connectivity index (χ2n) is 4.76. The van der Waals surface area contributed by atoms with E-state index >= 15 is 0 Å². The summed E-state index contributed by atoms with van der Waals surface area (Å²) in [6, 6.07) is 7.19. The number of ether oxygens (including phenoxy) is 1. The van der Waals surface area contributed by atoms with Crippen molar-refractivity contribution in [2.45, 2.75) is 6.54 Å². The van der Waals surface area contributed by atoms with Crippen LogP contribution in [0.2, 0.25) is 0 Å². The Morgan fingerprint density at radius 2 is 2.06 bits per heavy atom. The molecule has 2 heterocycles. The van der Waals surface area contributed by atoms with Gasteiger partial charge in [-0.15, -0.1) is 0 Å². The summed E-state index contributed by atoms with van der Waals surface area (Å²) in [7, 11) is 2.00. The number of fused-ring (bicyclic) bond motifs is 1. The summed E-state index contributed by atoms with van der Waals surface area (Å²) in [6.07, 6.45) is 0. The summed E-state index contributed by atoms with van der Waals surface area (Å²) in [5, 5.41) is 0.711. The molecule has 0 atom stereocenters. The molecule has 18 heavy (non-hydrogen) atoms. The van der Waals surface area contributed by atoms with Gasteiger partial charge < -0.3 is 9.30 Å². The van der Waals surface area contributed by atoms with Crippen LogP contribution in [0, 0.1) is 5.82 Å². The number of hydrogen-bond acceptors (Lipinski definition) is 2. The Bertz CT molecular complexity index is 558. The van der Waals surface area contributed by atoms with Gasteiger partial charge in [-0.2, -0.15) is 0 Å². The molecule has 0 aliphatic carbocycles. The highest BCUT2D eigenvalue weighted by Gasteiger charge is 2.14. The van der Waals surface area contributed by atoms with Gasteiger partial charge in [-0.25, -0.2) is 4.39 Å². The average molecular weight is 248 g/mol. The zero-order valence-corrected chi connectivity index (χ0v) is 10.5. The van der Waals surface area contributed by atoms with E-state index in [2.05, 4.69) is 9.47 Å². The third-order valence-corrected chi connectivity index (χ3v) is 3.62. The minimum atomic E-state index is -0.142. The molecule has 0 amide bonds. The molecule has 3 rings (SSSR count). The Morgan fingerprint density at radius 1 is 1.28 bits per heavy atom. The van der Waals surface area contributed by atoms with Crippen molar-refractivity contribution >= 4 is 10.9 Å². The Hall–Kier alpha value is -1.39. The normalized spacial score (nSPS) is 17.4. The van der Waals surface area contributed by atoms with E-state index in [4.69, 9.17) is 4.74 Å². The van der Waals surface area contributed by atoms with Gasteiger partial charge in [-0.05, 0) is 18.2 Å². The Balaban J connectivity index is 1.92. The number of aryl methyl sites for hydroxylation is 1. The molecule has 0 radical (unpaired) electrons. The van der Waals surface area contributed by atoms with Crippen LogP contribution in [0.4, 0.5) is 4.39 Å². The monoisotopic (exact) mass is 248 g/mol. The van der Waals surface area contributed by atoms with Gasteiger partial charge in [-0.1, -0.05) is 6.07 Å². The molecule has 3 nitrogen and oxygen atoms in total. The summed E-state index contributed by atoms with van der Waals surface area (Å²) in [5.74, 6) is -0.142. The second kappa shape index (κ2) is 4.71. The summed E-state index contributed by atoms with van der Waals surface area (Å²) in [6.45, 7) is 4.33. The highest BCUT2D eigenvalue weighted by atomic mass is 19.1. The Kier molecular flexibility index (Phi) is 3.06. The summed E-state index contributed by atoms with van der Waals surface area (Å²) >= 11 is 0. The van der Waals surface area contributed by atoms with Crippen molar-refractivity contribution in [1.29, 1.82) is 0 Å². The smallest absolute Gasteiger partial charge is 0.132 e. The van der Waals surface area contributed by atoms with Gasteiger partial charge in [-0.3, -0.25) is 4.90 Å². The maximum atomic E-state index is 13.7. The van der Waals surface area contributed by atoms with Crippen molar-refractivity contribution in [3.05, 3.63) is 35.8 Å². The van der Waals surface area contributed by atoms with E-state index in [1.807, 2.05) is 19.2 Å². The Labute approximate surface area is 106 Å². The van der Waals surface area contributed by atoms with E-state index in [1.54, 1.807) is 6.07 Å². The lowest BCUT2D eigenvalue weighted by Crippen LogP contribution is -2.36. The van der Waals surface area contributed by atoms with Crippen LogP contribution in [-0.4, -0.2) is 35.8 Å². The fraction of sp³-hybridized carbons (Fsp3) is 0.429. The predicted octanol–water partition coefficient (Wildman–Crippen LogP) is 2.15. The average Bonchev–Trinajstić information content (AvgIpc) is 2.70. The van der Waals surface area contributed by atoms with E-state index in [1.165, 1.54) is 6.07 Å². The first-order valence-corrected chi connectivity index (χ1v) is 6.28. The van der Waals surface area contributed by atoms with Crippen molar-refractivity contribution < 1.29 is 9.13 Å². The van der Waals surface area contributed by atoms with Crippen LogP contribution >= 0.6 is 0 Å². The third-order valence-electron chi connectivity index (χ3n) is 3.62. The molecule has 1 aliphatic rings. The SMILES string of the molecule is Cn1c(CN2CCOCC2)cc2c(F)cccc21. The molecule has 96 valence electrons. The number of benzene rings is 1. The van der Waals surface area contributed by atoms with Gasteiger partial charge in [0.2, 0.25) is 0 Å². The van der Waals surface area contributed by atoms with Crippen molar-refractivity contribution in [3.63, 3.8) is 0 Å². The van der Waals surface area contributed by atoms with E-state index in [0.717, 1.165) is 44.1 Å². The number of hydrogen-bond donors (Lipinski definition) is 0. The molecule has 0 saturated carbocycles. The first-order chi connectivity index (χ1) is 8.75. The zero-order valence-electron chi connectivity index (χ0n) is 10.5. The van der Waals surface area contributed by atoms with Crippen LogP contribution in [-0.2, 0) is 18.3 Å². The van der Waals surface area contributed by atoms with Gasteiger partial charge in [0.1, 0.15) is 5.82 Å². The molecule has 4 heteroatoms. The van der Waals surface area contributed by atoms with E-state index in [0.29, 0.717) is 5.39 Å². The molecule has 1 fully saturated rings. The fourth-order valence-corrected chi connectivity index (χ4v) is 2.52. The quantitative estimate of drug-likeness (QED) is 0.810. The van der Waals surface area contributed by atoms with Gasteiger partial charge in [0.25, 0.3) is 0 Å². The molecular formula is C14H17FN2O. The van der Waals surface area contributed by atoms with Crippen molar-refractivity contribution in [2.24, 2.45) is 7.05 Å². The lowest BCUT2D eigenvalue weighted by molar-refractivity contribution is 0.0333. The highest BCUT2D eigenvalue weighted by Crippen LogP contribution is 2.22. The third kappa shape index (κ3) is 2.02. The maximum Gasteiger partial charge on any atom is 0.132 e. The van der Waals surface area contributed by atoms with Crippen LogP contribution in [0.3, 0.4) is 0 Å². The Morgan fingerprint density at radius 3 is 2.78 bits per heavy atom. The molecular weight excluding hydrogens is 231 g/mol. The lowest BCUT2D eigenvalue weighted by Gasteiger charge is -2.26. The minimum absolute atomic E-state index is 0.142. The van der Waals surface area contributed by atoms with Crippen LogP contribution < -0.4 is 0 Å². The number of rotatable bonds is 2. The molecule has 0 bridgehead atoms. The van der Waals surface area contributed by atoms with E-state index in [9.17, 15) is 4.39 Å². The summed E-state index contributed by atoms with van der Waals surface area (Å²) < 4.78 is 21.1. The van der Waals surface area contributed by atoms with Crippen LogP contribution in [0.1, 0.15) is 5.69 Å². The minimum Gasteiger partial charge on any atom is -0.379 e. The number of morpholine rings is 1. The maximum absolute atomic E-state index is 13.7. The molecule has 0 unspecified atom stereocenters.